The maximum Gasteiger partial charge on any atom is 0.341 e. The molecule has 2 aliphatic rings. The molecule has 1 heterocycles. The minimum Gasteiger partial charge on any atom is -0.465 e. The number of ether oxygens (including phenoxy) is 1. The Labute approximate surface area is 147 Å². The Balaban J connectivity index is 1.79. The number of nitrogens with one attached hydrogen (secondary N) is 2. The van der Waals surface area contributed by atoms with E-state index in [1.165, 1.54) is 56.1 Å². The number of methoxy groups -OCH3 is 1. The lowest BCUT2D eigenvalue weighted by molar-refractivity contribution is 0.0601. The van der Waals surface area contributed by atoms with E-state index in [-0.39, 0.29) is 5.97 Å². The molecule has 0 bridgehead atoms. The van der Waals surface area contributed by atoms with E-state index in [4.69, 9.17) is 17.0 Å². The maximum absolute atomic E-state index is 12.3. The van der Waals surface area contributed by atoms with Gasteiger partial charge in [0.25, 0.3) is 0 Å². The molecule has 2 N–H and O–H groups in total. The summed E-state index contributed by atoms with van der Waals surface area (Å²) >= 11 is 7.12. The van der Waals surface area contributed by atoms with Crippen LogP contribution in [0.1, 0.15) is 65.7 Å². The smallest absolute Gasteiger partial charge is 0.341 e. The fourth-order valence-corrected chi connectivity index (χ4v) is 5.16. The quantitative estimate of drug-likeness (QED) is 0.489. The second-order valence-corrected chi connectivity index (χ2v) is 7.85. The molecule has 1 saturated carbocycles. The average molecular weight is 353 g/mol. The fourth-order valence-electron chi connectivity index (χ4n) is 3.54. The fraction of sp³-hybridized carbons (Fsp3) is 0.647. The van der Waals surface area contributed by atoms with Gasteiger partial charge in [0.05, 0.1) is 12.7 Å². The van der Waals surface area contributed by atoms with Gasteiger partial charge in [0.2, 0.25) is 0 Å². The molecule has 1 aromatic heterocycles. The van der Waals surface area contributed by atoms with Gasteiger partial charge in [-0.2, -0.15) is 0 Å². The molecule has 1 aromatic rings. The summed E-state index contributed by atoms with van der Waals surface area (Å²) in [5, 5.41) is 8.12. The van der Waals surface area contributed by atoms with E-state index in [9.17, 15) is 4.79 Å². The molecule has 23 heavy (non-hydrogen) atoms. The van der Waals surface area contributed by atoms with Gasteiger partial charge in [0.1, 0.15) is 5.00 Å². The van der Waals surface area contributed by atoms with Crippen molar-refractivity contribution in [3.8, 4) is 0 Å². The van der Waals surface area contributed by atoms with Crippen LogP contribution in [0.15, 0.2) is 0 Å². The lowest BCUT2D eigenvalue weighted by Crippen LogP contribution is -2.36. The average Bonchev–Trinajstić information content (AvgIpc) is 3.09. The number of aryl methyl sites for hydroxylation is 1. The summed E-state index contributed by atoms with van der Waals surface area (Å²) in [6.45, 7) is 0. The molecule has 2 aliphatic carbocycles. The number of hydrogen-bond acceptors (Lipinski definition) is 4. The van der Waals surface area contributed by atoms with E-state index in [0.29, 0.717) is 16.7 Å². The summed E-state index contributed by atoms with van der Waals surface area (Å²) in [6.07, 6.45) is 10.4. The maximum atomic E-state index is 12.3. The van der Waals surface area contributed by atoms with Gasteiger partial charge in [0, 0.05) is 10.9 Å². The van der Waals surface area contributed by atoms with E-state index >= 15 is 0 Å². The number of carbonyl (C=O) groups is 1. The lowest BCUT2D eigenvalue weighted by atomic mass is 10.1. The topological polar surface area (TPSA) is 50.4 Å². The summed E-state index contributed by atoms with van der Waals surface area (Å²) in [5.41, 5.74) is 1.87. The SMILES string of the molecule is COC(=O)c1c(NC(=S)NC2CCCC2)sc2c1CCCCC2. The number of esters is 1. The minimum absolute atomic E-state index is 0.254. The van der Waals surface area contributed by atoms with Crippen LogP contribution in [-0.2, 0) is 17.6 Å². The first-order valence-corrected chi connectivity index (χ1v) is 9.72. The van der Waals surface area contributed by atoms with Crippen LogP contribution in [0, 0.1) is 0 Å². The van der Waals surface area contributed by atoms with Crippen molar-refractivity contribution in [1.29, 1.82) is 0 Å². The van der Waals surface area contributed by atoms with E-state index in [1.807, 2.05) is 0 Å². The van der Waals surface area contributed by atoms with Crippen LogP contribution in [0.5, 0.6) is 0 Å². The summed E-state index contributed by atoms with van der Waals surface area (Å²) in [4.78, 5) is 13.6. The standard InChI is InChI=1S/C17H24N2O2S2/c1-21-16(20)14-12-9-3-2-4-10-13(12)23-15(14)19-17(22)18-11-7-5-6-8-11/h11H,2-10H2,1H3,(H2,18,19,22). The van der Waals surface area contributed by atoms with Crippen molar-refractivity contribution in [1.82, 2.24) is 5.32 Å². The van der Waals surface area contributed by atoms with Gasteiger partial charge < -0.3 is 15.4 Å². The molecule has 0 saturated heterocycles. The first kappa shape index (κ1) is 16.7. The lowest BCUT2D eigenvalue weighted by Gasteiger charge is -2.15. The van der Waals surface area contributed by atoms with Gasteiger partial charge in [-0.15, -0.1) is 11.3 Å². The van der Waals surface area contributed by atoms with E-state index in [0.717, 1.165) is 24.3 Å². The number of fused-ring (bicyclic) bond motifs is 1. The third kappa shape index (κ3) is 3.86. The number of rotatable bonds is 3. The van der Waals surface area contributed by atoms with Crippen molar-refractivity contribution >= 4 is 39.6 Å². The molecule has 0 radical (unpaired) electrons. The summed E-state index contributed by atoms with van der Waals surface area (Å²) in [7, 11) is 1.45. The van der Waals surface area contributed by atoms with Crippen molar-refractivity contribution in [2.45, 2.75) is 63.8 Å². The number of hydrogen-bond donors (Lipinski definition) is 2. The monoisotopic (exact) mass is 352 g/mol. The minimum atomic E-state index is -0.254. The highest BCUT2D eigenvalue weighted by Gasteiger charge is 2.26. The van der Waals surface area contributed by atoms with Crippen LogP contribution in [0.2, 0.25) is 0 Å². The highest BCUT2D eigenvalue weighted by molar-refractivity contribution is 7.80. The van der Waals surface area contributed by atoms with Gasteiger partial charge >= 0.3 is 5.97 Å². The summed E-state index contributed by atoms with van der Waals surface area (Å²) in [6, 6.07) is 0.467. The highest BCUT2D eigenvalue weighted by atomic mass is 32.1. The zero-order chi connectivity index (χ0) is 16.2. The largest absolute Gasteiger partial charge is 0.465 e. The third-order valence-corrected chi connectivity index (χ3v) is 6.16. The van der Waals surface area contributed by atoms with Gasteiger partial charge in [-0.1, -0.05) is 19.3 Å². The molecule has 3 rings (SSSR count). The molecule has 0 atom stereocenters. The Morgan fingerprint density at radius 1 is 1.17 bits per heavy atom. The number of anilines is 1. The Morgan fingerprint density at radius 3 is 2.65 bits per heavy atom. The van der Waals surface area contributed by atoms with E-state index in [1.54, 1.807) is 11.3 Å². The Kier molecular flexibility index (Phi) is 5.54. The molecular formula is C17H24N2O2S2. The van der Waals surface area contributed by atoms with Crippen molar-refractivity contribution < 1.29 is 9.53 Å². The molecule has 0 aliphatic heterocycles. The molecule has 0 spiro atoms. The normalized spacial score (nSPS) is 18.1. The molecule has 1 fully saturated rings. The first-order chi connectivity index (χ1) is 11.2. The van der Waals surface area contributed by atoms with Crippen molar-refractivity contribution in [3.05, 3.63) is 16.0 Å². The van der Waals surface area contributed by atoms with Gasteiger partial charge in [-0.3, -0.25) is 0 Å². The number of carbonyl (C=O) groups excluding carboxylic acids is 1. The molecule has 126 valence electrons. The van der Waals surface area contributed by atoms with Crippen LogP contribution >= 0.6 is 23.6 Å². The van der Waals surface area contributed by atoms with Crippen LogP contribution in [0.3, 0.4) is 0 Å². The van der Waals surface area contributed by atoms with Crippen LogP contribution in [0.25, 0.3) is 0 Å². The number of thiophene rings is 1. The zero-order valence-corrected chi connectivity index (χ0v) is 15.2. The van der Waals surface area contributed by atoms with Gasteiger partial charge in [-0.25, -0.2) is 4.79 Å². The summed E-state index contributed by atoms with van der Waals surface area (Å²) in [5.74, 6) is -0.254. The van der Waals surface area contributed by atoms with E-state index < -0.39 is 0 Å². The van der Waals surface area contributed by atoms with Crippen molar-refractivity contribution in [3.63, 3.8) is 0 Å². The third-order valence-electron chi connectivity index (χ3n) is 4.73. The molecule has 4 nitrogen and oxygen atoms in total. The van der Waals surface area contributed by atoms with Crippen LogP contribution in [-0.4, -0.2) is 24.2 Å². The second-order valence-electron chi connectivity index (χ2n) is 6.34. The first-order valence-electron chi connectivity index (χ1n) is 8.49. The highest BCUT2D eigenvalue weighted by Crippen LogP contribution is 2.38. The molecule has 0 aromatic carbocycles. The van der Waals surface area contributed by atoms with Crippen molar-refractivity contribution in [2.75, 3.05) is 12.4 Å². The second kappa shape index (κ2) is 7.62. The zero-order valence-electron chi connectivity index (χ0n) is 13.6. The van der Waals surface area contributed by atoms with Gasteiger partial charge in [0.15, 0.2) is 5.11 Å². The molecule has 0 amide bonds. The Morgan fingerprint density at radius 2 is 1.91 bits per heavy atom. The predicted molar refractivity (Wildman–Crippen MR) is 98.5 cm³/mol. The Hall–Kier alpha value is -1.14. The van der Waals surface area contributed by atoms with Crippen molar-refractivity contribution in [2.24, 2.45) is 0 Å². The van der Waals surface area contributed by atoms with Gasteiger partial charge in [-0.05, 0) is 56.3 Å². The van der Waals surface area contributed by atoms with Crippen LogP contribution < -0.4 is 10.6 Å². The number of thiocarbonyl (C=S) groups is 1. The van der Waals surface area contributed by atoms with E-state index in [2.05, 4.69) is 10.6 Å². The summed E-state index contributed by atoms with van der Waals surface area (Å²) < 4.78 is 5.02. The molecule has 6 heteroatoms. The molecule has 0 unspecified atom stereocenters. The van der Waals surface area contributed by atoms with Crippen LogP contribution in [0.4, 0.5) is 5.00 Å². The molecular weight excluding hydrogens is 328 g/mol. The Bertz CT molecular complexity index is 592. The predicted octanol–water partition coefficient (Wildman–Crippen LogP) is 4.03.